The summed E-state index contributed by atoms with van der Waals surface area (Å²) in [6.07, 6.45) is 0.536. The molecule has 1 rings (SSSR count). The second kappa shape index (κ2) is 7.26. The van der Waals surface area contributed by atoms with Gasteiger partial charge in [-0.25, -0.2) is 8.42 Å². The van der Waals surface area contributed by atoms with Crippen molar-refractivity contribution in [2.24, 2.45) is 0 Å². The lowest BCUT2D eigenvalue weighted by molar-refractivity contribution is -0.137. The highest BCUT2D eigenvalue weighted by molar-refractivity contribution is 7.88. The Morgan fingerprint density at radius 3 is 2.45 bits per heavy atom. The summed E-state index contributed by atoms with van der Waals surface area (Å²) in [5.74, 6) is -1.49. The molecular formula is C12H15Cl2NO4S. The number of carboxylic acid groups (broad SMARTS) is 1. The number of benzene rings is 1. The molecule has 0 saturated heterocycles. The van der Waals surface area contributed by atoms with E-state index in [1.54, 1.807) is 13.0 Å². The second-order valence-electron chi connectivity index (χ2n) is 4.23. The Kier molecular flexibility index (Phi) is 6.26. The van der Waals surface area contributed by atoms with Crippen LogP contribution >= 0.6 is 23.2 Å². The van der Waals surface area contributed by atoms with Crippen LogP contribution in [0.5, 0.6) is 0 Å². The van der Waals surface area contributed by atoms with Crippen LogP contribution in [0.1, 0.15) is 18.9 Å². The van der Waals surface area contributed by atoms with E-state index in [0.717, 1.165) is 4.31 Å². The average molecular weight is 340 g/mol. The monoisotopic (exact) mass is 339 g/mol. The molecule has 0 bridgehead atoms. The van der Waals surface area contributed by atoms with Crippen LogP contribution in [0.2, 0.25) is 10.0 Å². The van der Waals surface area contributed by atoms with Crippen molar-refractivity contribution in [2.45, 2.75) is 19.1 Å². The van der Waals surface area contributed by atoms with Gasteiger partial charge in [0.05, 0.1) is 15.8 Å². The molecular weight excluding hydrogens is 325 g/mol. The van der Waals surface area contributed by atoms with Crippen LogP contribution in [0, 0.1) is 0 Å². The van der Waals surface area contributed by atoms with Gasteiger partial charge in [0.1, 0.15) is 6.54 Å². The zero-order valence-corrected chi connectivity index (χ0v) is 13.2. The molecule has 0 atom stereocenters. The van der Waals surface area contributed by atoms with Crippen LogP contribution in [0.4, 0.5) is 0 Å². The predicted molar refractivity (Wildman–Crippen MR) is 78.6 cm³/mol. The van der Waals surface area contributed by atoms with Crippen molar-refractivity contribution in [3.63, 3.8) is 0 Å². The van der Waals surface area contributed by atoms with E-state index in [-0.39, 0.29) is 17.3 Å². The van der Waals surface area contributed by atoms with E-state index in [9.17, 15) is 13.2 Å². The first-order valence-corrected chi connectivity index (χ1v) is 8.26. The lowest BCUT2D eigenvalue weighted by atomic mass is 10.2. The third kappa shape index (κ3) is 4.94. The van der Waals surface area contributed by atoms with E-state index >= 15 is 0 Å². The zero-order valence-electron chi connectivity index (χ0n) is 10.8. The molecule has 1 N–H and O–H groups in total. The first-order valence-electron chi connectivity index (χ1n) is 5.89. The molecule has 0 aliphatic rings. The molecule has 0 unspecified atom stereocenters. The van der Waals surface area contributed by atoms with Crippen molar-refractivity contribution >= 4 is 39.2 Å². The van der Waals surface area contributed by atoms with Crippen molar-refractivity contribution in [2.75, 3.05) is 13.1 Å². The minimum absolute atomic E-state index is 0.163. The van der Waals surface area contributed by atoms with E-state index in [1.807, 2.05) is 0 Å². The number of halogens is 2. The predicted octanol–water partition coefficient (Wildman–Crippen LogP) is 2.62. The second-order valence-corrected chi connectivity index (χ2v) is 7.02. The molecule has 8 heteroatoms. The van der Waals surface area contributed by atoms with Gasteiger partial charge in [0.15, 0.2) is 0 Å². The molecule has 0 fully saturated rings. The van der Waals surface area contributed by atoms with Crippen molar-refractivity contribution in [1.82, 2.24) is 4.31 Å². The molecule has 1 aromatic carbocycles. The number of hydrogen-bond acceptors (Lipinski definition) is 3. The summed E-state index contributed by atoms with van der Waals surface area (Å²) >= 11 is 11.6. The number of rotatable bonds is 7. The maximum absolute atomic E-state index is 12.2. The largest absolute Gasteiger partial charge is 0.480 e. The number of aliphatic carboxylic acids is 1. The third-order valence-electron chi connectivity index (χ3n) is 2.51. The van der Waals surface area contributed by atoms with Crippen molar-refractivity contribution < 1.29 is 18.3 Å². The minimum atomic E-state index is -3.71. The topological polar surface area (TPSA) is 74.7 Å². The number of carboxylic acids is 1. The fraction of sp³-hybridized carbons (Fsp3) is 0.417. The lowest BCUT2D eigenvalue weighted by Gasteiger charge is -2.19. The Morgan fingerprint density at radius 2 is 1.95 bits per heavy atom. The Morgan fingerprint density at radius 1 is 1.30 bits per heavy atom. The van der Waals surface area contributed by atoms with Crippen LogP contribution in [0.3, 0.4) is 0 Å². The highest BCUT2D eigenvalue weighted by Crippen LogP contribution is 2.24. The first kappa shape index (κ1) is 17.2. The maximum Gasteiger partial charge on any atom is 0.318 e. The minimum Gasteiger partial charge on any atom is -0.480 e. The normalized spacial score (nSPS) is 11.8. The Hall–Kier alpha value is -0.820. The van der Waals surface area contributed by atoms with Crippen molar-refractivity contribution in [1.29, 1.82) is 0 Å². The number of nitrogens with zero attached hydrogens (tertiary/aromatic N) is 1. The van der Waals surface area contributed by atoms with Gasteiger partial charge in [0.2, 0.25) is 10.0 Å². The van der Waals surface area contributed by atoms with Gasteiger partial charge < -0.3 is 5.11 Å². The lowest BCUT2D eigenvalue weighted by Crippen LogP contribution is -2.37. The molecule has 0 aromatic heterocycles. The van der Waals surface area contributed by atoms with E-state index in [1.165, 1.54) is 12.1 Å². The Balaban J connectivity index is 2.95. The summed E-state index contributed by atoms with van der Waals surface area (Å²) in [5, 5.41) is 9.38. The molecule has 0 saturated carbocycles. The van der Waals surface area contributed by atoms with Crippen LogP contribution in [0.15, 0.2) is 18.2 Å². The number of carbonyl (C=O) groups is 1. The van der Waals surface area contributed by atoms with Gasteiger partial charge in [-0.05, 0) is 24.1 Å². The van der Waals surface area contributed by atoms with E-state index in [0.29, 0.717) is 17.0 Å². The van der Waals surface area contributed by atoms with Gasteiger partial charge >= 0.3 is 5.97 Å². The SMILES string of the molecule is CCCN(CC(=O)O)S(=O)(=O)Cc1ccc(Cl)c(Cl)c1. The Bertz CT molecular complexity index is 589. The summed E-state index contributed by atoms with van der Waals surface area (Å²) in [6, 6.07) is 4.53. The highest BCUT2D eigenvalue weighted by Gasteiger charge is 2.24. The molecule has 5 nitrogen and oxygen atoms in total. The fourth-order valence-corrected chi connectivity index (χ4v) is 3.52. The average Bonchev–Trinajstić information content (AvgIpc) is 2.32. The molecule has 0 aliphatic carbocycles. The van der Waals surface area contributed by atoms with Gasteiger partial charge in [-0.15, -0.1) is 0 Å². The van der Waals surface area contributed by atoms with E-state index in [2.05, 4.69) is 0 Å². The smallest absolute Gasteiger partial charge is 0.318 e. The van der Waals surface area contributed by atoms with Gasteiger partial charge in [-0.1, -0.05) is 36.2 Å². The molecule has 0 heterocycles. The van der Waals surface area contributed by atoms with Gasteiger partial charge in [0.25, 0.3) is 0 Å². The summed E-state index contributed by atoms with van der Waals surface area (Å²) < 4.78 is 25.4. The molecule has 20 heavy (non-hydrogen) atoms. The summed E-state index contributed by atoms with van der Waals surface area (Å²) in [7, 11) is -3.71. The zero-order chi connectivity index (χ0) is 15.3. The summed E-state index contributed by atoms with van der Waals surface area (Å²) in [5.41, 5.74) is 0.464. The van der Waals surface area contributed by atoms with E-state index < -0.39 is 22.5 Å². The highest BCUT2D eigenvalue weighted by atomic mass is 35.5. The summed E-state index contributed by atoms with van der Waals surface area (Å²) in [4.78, 5) is 10.7. The number of sulfonamides is 1. The van der Waals surface area contributed by atoms with Crippen LogP contribution < -0.4 is 0 Å². The summed E-state index contributed by atoms with van der Waals surface area (Å²) in [6.45, 7) is 1.40. The van der Waals surface area contributed by atoms with Crippen LogP contribution in [0.25, 0.3) is 0 Å². The van der Waals surface area contributed by atoms with Gasteiger partial charge in [-0.2, -0.15) is 4.31 Å². The standard InChI is InChI=1S/C12H15Cl2NO4S/c1-2-5-15(7-12(16)17)20(18,19)8-9-3-4-10(13)11(14)6-9/h3-4,6H,2,5,7-8H2,1H3,(H,16,17). The molecule has 1 aromatic rings. The fourth-order valence-electron chi connectivity index (χ4n) is 1.65. The number of hydrogen-bond donors (Lipinski definition) is 1. The molecule has 0 amide bonds. The molecule has 0 aliphatic heterocycles. The van der Waals surface area contributed by atoms with Crippen molar-refractivity contribution in [3.05, 3.63) is 33.8 Å². The van der Waals surface area contributed by atoms with Crippen LogP contribution in [-0.2, 0) is 20.6 Å². The third-order valence-corrected chi connectivity index (χ3v) is 5.05. The Labute approximate surface area is 128 Å². The maximum atomic E-state index is 12.2. The van der Waals surface area contributed by atoms with Crippen LogP contribution in [-0.4, -0.2) is 36.9 Å². The van der Waals surface area contributed by atoms with Crippen molar-refractivity contribution in [3.8, 4) is 0 Å². The molecule has 0 radical (unpaired) electrons. The molecule has 0 spiro atoms. The quantitative estimate of drug-likeness (QED) is 0.828. The van der Waals surface area contributed by atoms with Gasteiger partial charge in [-0.3, -0.25) is 4.79 Å². The molecule has 112 valence electrons. The first-order chi connectivity index (χ1) is 9.26. The van der Waals surface area contributed by atoms with E-state index in [4.69, 9.17) is 28.3 Å². The van der Waals surface area contributed by atoms with Gasteiger partial charge in [0, 0.05) is 6.54 Å².